The van der Waals surface area contributed by atoms with Crippen LogP contribution in [0.1, 0.15) is 18.1 Å². The van der Waals surface area contributed by atoms with Crippen LogP contribution in [0.25, 0.3) is 0 Å². The molecule has 6 nitrogen and oxygen atoms in total. The van der Waals surface area contributed by atoms with Gasteiger partial charge < -0.3 is 20.3 Å². The number of nitro groups is 1. The van der Waals surface area contributed by atoms with Crippen molar-refractivity contribution in [2.24, 2.45) is 0 Å². The number of hydrogen-bond donors (Lipinski definition) is 3. The van der Waals surface area contributed by atoms with Gasteiger partial charge in [0.15, 0.2) is 0 Å². The molecule has 0 fully saturated rings. The second-order valence-electron chi connectivity index (χ2n) is 3.20. The summed E-state index contributed by atoms with van der Waals surface area (Å²) in [6.07, 6.45) is -0.892. The topological polar surface area (TPSA) is 96.5 Å². The highest BCUT2D eigenvalue weighted by molar-refractivity contribution is 7.80. The van der Waals surface area contributed by atoms with E-state index in [1.807, 2.05) is 0 Å². The summed E-state index contributed by atoms with van der Waals surface area (Å²) in [6.45, 7) is 0. The summed E-state index contributed by atoms with van der Waals surface area (Å²) in [5.41, 5.74) is 0.0155. The Hall–Kier alpha value is -1.18. The Morgan fingerprint density at radius 1 is 1.56 bits per heavy atom. The van der Waals surface area contributed by atoms with Crippen molar-refractivity contribution in [1.29, 1.82) is 0 Å². The van der Waals surface area contributed by atoms with Crippen LogP contribution in [0.3, 0.4) is 0 Å². The van der Waals surface area contributed by atoms with Crippen molar-refractivity contribution >= 4 is 18.4 Å². The molecule has 1 aromatic heterocycles. The lowest BCUT2D eigenvalue weighted by atomic mass is 10.0. The van der Waals surface area contributed by atoms with Crippen LogP contribution < -0.4 is 0 Å². The highest BCUT2D eigenvalue weighted by Crippen LogP contribution is 2.26. The van der Waals surface area contributed by atoms with Crippen LogP contribution >= 0.6 is 12.6 Å². The van der Waals surface area contributed by atoms with E-state index in [2.05, 4.69) is 17.6 Å². The molecule has 16 heavy (non-hydrogen) atoms. The molecule has 0 saturated carbocycles. The summed E-state index contributed by atoms with van der Waals surface area (Å²) < 4.78 is 0. The van der Waals surface area contributed by atoms with E-state index < -0.39 is 22.9 Å². The SMILES string of the molecule is O=[N+]([O-])c1ncccc1C(O)C(O)CCS. The minimum atomic E-state index is -1.32. The Morgan fingerprint density at radius 2 is 2.25 bits per heavy atom. The fraction of sp³-hybridized carbons (Fsp3) is 0.444. The van der Waals surface area contributed by atoms with Gasteiger partial charge in [0.25, 0.3) is 0 Å². The molecule has 1 heterocycles. The maximum atomic E-state index is 10.6. The molecule has 0 aliphatic heterocycles. The zero-order valence-corrected chi connectivity index (χ0v) is 9.25. The van der Waals surface area contributed by atoms with Crippen LogP contribution in [-0.2, 0) is 0 Å². The van der Waals surface area contributed by atoms with Gasteiger partial charge in [-0.25, -0.2) is 0 Å². The van der Waals surface area contributed by atoms with E-state index in [0.29, 0.717) is 5.75 Å². The van der Waals surface area contributed by atoms with Gasteiger partial charge in [0.1, 0.15) is 12.3 Å². The fourth-order valence-electron chi connectivity index (χ4n) is 1.29. The van der Waals surface area contributed by atoms with Crippen molar-refractivity contribution in [3.05, 3.63) is 34.0 Å². The lowest BCUT2D eigenvalue weighted by molar-refractivity contribution is -0.391. The predicted molar refractivity (Wildman–Crippen MR) is 60.3 cm³/mol. The van der Waals surface area contributed by atoms with Crippen molar-refractivity contribution in [3.63, 3.8) is 0 Å². The van der Waals surface area contributed by atoms with E-state index in [0.717, 1.165) is 0 Å². The third kappa shape index (κ3) is 2.91. The van der Waals surface area contributed by atoms with Crippen LogP contribution in [0.4, 0.5) is 5.82 Å². The molecule has 0 aliphatic carbocycles. The third-order valence-corrected chi connectivity index (χ3v) is 2.36. The molecular weight excluding hydrogens is 232 g/mol. The van der Waals surface area contributed by atoms with Gasteiger partial charge in [-0.3, -0.25) is 0 Å². The van der Waals surface area contributed by atoms with E-state index in [-0.39, 0.29) is 12.0 Å². The largest absolute Gasteiger partial charge is 0.390 e. The molecule has 1 rings (SSSR count). The predicted octanol–water partition coefficient (Wildman–Crippen LogP) is 0.704. The first-order valence-corrected chi connectivity index (χ1v) is 5.27. The zero-order valence-electron chi connectivity index (χ0n) is 8.35. The molecule has 0 aromatic carbocycles. The number of pyridine rings is 1. The van der Waals surface area contributed by atoms with Gasteiger partial charge in [-0.1, -0.05) is 0 Å². The Bertz CT molecular complexity index is 374. The molecule has 0 radical (unpaired) electrons. The van der Waals surface area contributed by atoms with Gasteiger partial charge >= 0.3 is 5.82 Å². The van der Waals surface area contributed by atoms with Crippen molar-refractivity contribution in [2.45, 2.75) is 18.6 Å². The quantitative estimate of drug-likeness (QED) is 0.402. The van der Waals surface area contributed by atoms with Crippen LogP contribution in [0, 0.1) is 10.1 Å². The van der Waals surface area contributed by atoms with Crippen molar-refractivity contribution in [1.82, 2.24) is 4.98 Å². The summed E-state index contributed by atoms with van der Waals surface area (Å²) >= 11 is 3.91. The smallest absolute Gasteiger partial charge is 0.369 e. The van der Waals surface area contributed by atoms with Gasteiger partial charge in [0.2, 0.25) is 0 Å². The molecule has 88 valence electrons. The number of aliphatic hydroxyl groups excluding tert-OH is 2. The van der Waals surface area contributed by atoms with Gasteiger partial charge in [0.05, 0.1) is 11.7 Å². The first-order valence-electron chi connectivity index (χ1n) is 4.64. The average molecular weight is 244 g/mol. The number of rotatable bonds is 5. The van der Waals surface area contributed by atoms with Crippen molar-refractivity contribution < 1.29 is 15.1 Å². The summed E-state index contributed by atoms with van der Waals surface area (Å²) in [4.78, 5) is 13.5. The maximum absolute atomic E-state index is 10.6. The van der Waals surface area contributed by atoms with Crippen LogP contribution in [-0.4, -0.2) is 32.0 Å². The molecule has 0 aliphatic rings. The number of hydrogen-bond acceptors (Lipinski definition) is 6. The lowest BCUT2D eigenvalue weighted by Gasteiger charge is -2.16. The van der Waals surface area contributed by atoms with E-state index in [1.165, 1.54) is 18.3 Å². The molecule has 1 aromatic rings. The molecule has 0 amide bonds. The molecule has 0 saturated heterocycles. The van der Waals surface area contributed by atoms with Crippen LogP contribution in [0.15, 0.2) is 18.3 Å². The minimum Gasteiger partial charge on any atom is -0.390 e. The number of nitrogens with zero attached hydrogens (tertiary/aromatic N) is 2. The Labute approximate surface area is 97.5 Å². The number of aliphatic hydroxyl groups is 2. The van der Waals surface area contributed by atoms with E-state index in [9.17, 15) is 20.3 Å². The Morgan fingerprint density at radius 3 is 2.81 bits per heavy atom. The fourth-order valence-corrected chi connectivity index (χ4v) is 1.55. The standard InChI is InChI=1S/C9H12N2O4S/c12-7(3-5-16)8(13)6-2-1-4-10-9(6)11(14)15/h1-2,4,7-8,12-13,16H,3,5H2. The van der Waals surface area contributed by atoms with E-state index >= 15 is 0 Å². The average Bonchev–Trinajstić information content (AvgIpc) is 2.28. The molecule has 2 unspecified atom stereocenters. The van der Waals surface area contributed by atoms with Gasteiger partial charge in [0, 0.05) is 0 Å². The highest BCUT2D eigenvalue weighted by Gasteiger charge is 2.26. The summed E-state index contributed by atoms with van der Waals surface area (Å²) in [6, 6.07) is 2.84. The highest BCUT2D eigenvalue weighted by atomic mass is 32.1. The third-order valence-electron chi connectivity index (χ3n) is 2.10. The van der Waals surface area contributed by atoms with Gasteiger partial charge in [-0.2, -0.15) is 12.6 Å². The first kappa shape index (κ1) is 12.9. The Kier molecular flexibility index (Phi) is 4.66. The molecule has 7 heteroatoms. The first-order chi connectivity index (χ1) is 7.57. The second-order valence-corrected chi connectivity index (χ2v) is 3.65. The van der Waals surface area contributed by atoms with Crippen LogP contribution in [0.5, 0.6) is 0 Å². The molecule has 2 N–H and O–H groups in total. The normalized spacial score (nSPS) is 14.4. The van der Waals surface area contributed by atoms with E-state index in [4.69, 9.17) is 0 Å². The van der Waals surface area contributed by atoms with E-state index in [1.54, 1.807) is 0 Å². The van der Waals surface area contributed by atoms with Crippen LogP contribution in [0.2, 0.25) is 0 Å². The summed E-state index contributed by atoms with van der Waals surface area (Å²) in [5, 5.41) is 29.9. The van der Waals surface area contributed by atoms with Gasteiger partial charge in [-0.05, 0) is 34.2 Å². The molecule has 0 bridgehead atoms. The summed E-state index contributed by atoms with van der Waals surface area (Å²) in [5.74, 6) is -0.0556. The maximum Gasteiger partial charge on any atom is 0.369 e. The number of aromatic nitrogens is 1. The lowest BCUT2D eigenvalue weighted by Crippen LogP contribution is -2.20. The molecule has 0 spiro atoms. The van der Waals surface area contributed by atoms with Crippen molar-refractivity contribution in [3.8, 4) is 0 Å². The number of thiol groups is 1. The van der Waals surface area contributed by atoms with Crippen molar-refractivity contribution in [2.75, 3.05) is 5.75 Å². The molecule has 2 atom stereocenters. The monoisotopic (exact) mass is 244 g/mol. The second kappa shape index (κ2) is 5.78. The molecular formula is C9H12N2O4S. The zero-order chi connectivity index (χ0) is 12.1. The minimum absolute atomic E-state index is 0.0155. The summed E-state index contributed by atoms with van der Waals surface area (Å²) in [7, 11) is 0. The Balaban J connectivity index is 2.98. The van der Waals surface area contributed by atoms with Gasteiger partial charge in [-0.15, -0.1) is 0 Å².